The molecule has 0 saturated carbocycles. The highest BCUT2D eigenvalue weighted by atomic mass is 79.9. The van der Waals surface area contributed by atoms with Crippen LogP contribution < -0.4 is 11.0 Å². The van der Waals surface area contributed by atoms with Crippen molar-refractivity contribution >= 4 is 32.7 Å². The van der Waals surface area contributed by atoms with Crippen molar-refractivity contribution in [1.29, 1.82) is 0 Å². The Bertz CT molecular complexity index is 602. The van der Waals surface area contributed by atoms with Gasteiger partial charge in [0.15, 0.2) is 0 Å². The van der Waals surface area contributed by atoms with Crippen LogP contribution in [0.15, 0.2) is 21.4 Å². The number of aromatic amines is 2. The summed E-state index contributed by atoms with van der Waals surface area (Å²) in [5, 5.41) is 3.48. The van der Waals surface area contributed by atoms with Gasteiger partial charge in [0, 0.05) is 10.5 Å². The Kier molecular flexibility index (Phi) is 3.80. The van der Waals surface area contributed by atoms with Gasteiger partial charge in [-0.3, -0.25) is 0 Å². The van der Waals surface area contributed by atoms with Crippen molar-refractivity contribution in [2.24, 2.45) is 5.92 Å². The van der Waals surface area contributed by atoms with E-state index in [0.717, 1.165) is 27.6 Å². The lowest BCUT2D eigenvalue weighted by Crippen LogP contribution is -2.23. The topological polar surface area (TPSA) is 60.7 Å². The molecular formula is C13H18BrN3O. The molecule has 2 aromatic rings. The summed E-state index contributed by atoms with van der Waals surface area (Å²) in [5.41, 5.74) is 2.46. The lowest BCUT2D eigenvalue weighted by molar-refractivity contribution is 0.494. The van der Waals surface area contributed by atoms with E-state index >= 15 is 0 Å². The lowest BCUT2D eigenvalue weighted by atomic mass is 10.0. The van der Waals surface area contributed by atoms with Crippen LogP contribution in [0.1, 0.15) is 27.2 Å². The Hall–Kier alpha value is -1.23. The second-order valence-electron chi connectivity index (χ2n) is 4.78. The van der Waals surface area contributed by atoms with Crippen molar-refractivity contribution in [3.63, 3.8) is 0 Å². The first-order valence-corrected chi connectivity index (χ1v) is 6.98. The van der Waals surface area contributed by atoms with Crippen LogP contribution >= 0.6 is 15.9 Å². The number of anilines is 1. The highest BCUT2D eigenvalue weighted by Gasteiger charge is 2.12. The summed E-state index contributed by atoms with van der Waals surface area (Å²) in [5.74, 6) is 0.595. The smallest absolute Gasteiger partial charge is 0.323 e. The molecule has 3 N–H and O–H groups in total. The van der Waals surface area contributed by atoms with Crippen LogP contribution in [-0.2, 0) is 0 Å². The van der Waals surface area contributed by atoms with Gasteiger partial charge in [0.05, 0.1) is 16.7 Å². The lowest BCUT2D eigenvalue weighted by Gasteiger charge is -2.21. The molecule has 1 aromatic carbocycles. The Morgan fingerprint density at radius 1 is 1.28 bits per heavy atom. The number of benzene rings is 1. The van der Waals surface area contributed by atoms with Crippen molar-refractivity contribution in [2.75, 3.05) is 5.32 Å². The van der Waals surface area contributed by atoms with E-state index in [4.69, 9.17) is 0 Å². The van der Waals surface area contributed by atoms with E-state index in [-0.39, 0.29) is 5.69 Å². The van der Waals surface area contributed by atoms with Crippen LogP contribution in [0.3, 0.4) is 0 Å². The number of rotatable bonds is 4. The van der Waals surface area contributed by atoms with Gasteiger partial charge in [-0.1, -0.05) is 20.3 Å². The van der Waals surface area contributed by atoms with E-state index < -0.39 is 0 Å². The highest BCUT2D eigenvalue weighted by Crippen LogP contribution is 2.28. The average Bonchev–Trinajstić information content (AvgIpc) is 2.67. The zero-order chi connectivity index (χ0) is 13.3. The number of imidazole rings is 1. The molecule has 2 atom stereocenters. The molecule has 0 bridgehead atoms. The number of aromatic nitrogens is 2. The Balaban J connectivity index is 2.32. The zero-order valence-corrected chi connectivity index (χ0v) is 12.4. The molecule has 1 aromatic heterocycles. The number of halogens is 1. The molecule has 2 unspecified atom stereocenters. The van der Waals surface area contributed by atoms with Crippen molar-refractivity contribution in [2.45, 2.75) is 33.2 Å². The minimum atomic E-state index is -0.177. The minimum absolute atomic E-state index is 0.177. The first kappa shape index (κ1) is 13.2. The molecule has 0 saturated heterocycles. The van der Waals surface area contributed by atoms with Gasteiger partial charge in [0.1, 0.15) is 0 Å². The van der Waals surface area contributed by atoms with Crippen molar-refractivity contribution in [3.05, 3.63) is 27.1 Å². The van der Waals surface area contributed by atoms with Gasteiger partial charge < -0.3 is 15.3 Å². The van der Waals surface area contributed by atoms with E-state index in [9.17, 15) is 4.79 Å². The third-order valence-electron chi connectivity index (χ3n) is 3.48. The Morgan fingerprint density at radius 2 is 1.89 bits per heavy atom. The summed E-state index contributed by atoms with van der Waals surface area (Å²) in [6.45, 7) is 6.58. The van der Waals surface area contributed by atoms with Crippen LogP contribution in [0, 0.1) is 5.92 Å². The van der Waals surface area contributed by atoms with E-state index in [1.54, 1.807) is 0 Å². The van der Waals surface area contributed by atoms with E-state index in [2.05, 4.69) is 52.0 Å². The predicted molar refractivity (Wildman–Crippen MR) is 79.2 cm³/mol. The van der Waals surface area contributed by atoms with Crippen LogP contribution in [0.5, 0.6) is 0 Å². The molecular weight excluding hydrogens is 294 g/mol. The largest absolute Gasteiger partial charge is 0.381 e. The van der Waals surface area contributed by atoms with Gasteiger partial charge in [-0.25, -0.2) is 4.79 Å². The second-order valence-corrected chi connectivity index (χ2v) is 5.63. The summed E-state index contributed by atoms with van der Waals surface area (Å²) in [4.78, 5) is 16.8. The number of fused-ring (bicyclic) bond motifs is 1. The van der Waals surface area contributed by atoms with E-state index in [0.29, 0.717) is 12.0 Å². The van der Waals surface area contributed by atoms with Gasteiger partial charge in [-0.2, -0.15) is 0 Å². The summed E-state index contributed by atoms with van der Waals surface area (Å²) in [6, 6.07) is 4.25. The molecule has 5 heteroatoms. The number of hydrogen-bond acceptors (Lipinski definition) is 2. The number of hydrogen-bond donors (Lipinski definition) is 3. The molecule has 0 fully saturated rings. The quantitative estimate of drug-likeness (QED) is 0.809. The average molecular weight is 312 g/mol. The van der Waals surface area contributed by atoms with Crippen LogP contribution in [0.25, 0.3) is 11.0 Å². The molecule has 0 radical (unpaired) electrons. The highest BCUT2D eigenvalue weighted by molar-refractivity contribution is 9.10. The van der Waals surface area contributed by atoms with Gasteiger partial charge in [-0.05, 0) is 40.9 Å². The van der Waals surface area contributed by atoms with E-state index in [1.165, 1.54) is 0 Å². The van der Waals surface area contributed by atoms with Crippen LogP contribution in [0.4, 0.5) is 5.69 Å². The second kappa shape index (κ2) is 5.18. The molecule has 0 spiro atoms. The third kappa shape index (κ3) is 2.61. The van der Waals surface area contributed by atoms with Gasteiger partial charge >= 0.3 is 5.69 Å². The third-order valence-corrected chi connectivity index (χ3v) is 4.14. The summed E-state index contributed by atoms with van der Waals surface area (Å²) in [7, 11) is 0. The molecule has 98 valence electrons. The van der Waals surface area contributed by atoms with Crippen molar-refractivity contribution < 1.29 is 0 Å². The first-order chi connectivity index (χ1) is 8.51. The predicted octanol–water partition coefficient (Wildman–Crippen LogP) is 3.47. The maximum Gasteiger partial charge on any atom is 0.323 e. The maximum absolute atomic E-state index is 11.2. The standard InChI is InChI=1S/C13H18BrN3O/c1-4-7(2)8(3)15-10-6-12-11(5-9(10)14)16-13(18)17-12/h5-8,15H,4H2,1-3H3,(H2,16,17,18). The van der Waals surface area contributed by atoms with Gasteiger partial charge in [0.2, 0.25) is 0 Å². The molecule has 0 aliphatic heterocycles. The molecule has 0 aliphatic carbocycles. The Morgan fingerprint density at radius 3 is 2.50 bits per heavy atom. The minimum Gasteiger partial charge on any atom is -0.381 e. The monoisotopic (exact) mass is 311 g/mol. The fourth-order valence-corrected chi connectivity index (χ4v) is 2.37. The molecule has 1 heterocycles. The number of H-pyrrole nitrogens is 2. The molecule has 2 rings (SSSR count). The zero-order valence-electron chi connectivity index (χ0n) is 10.8. The summed E-state index contributed by atoms with van der Waals surface area (Å²) >= 11 is 3.53. The normalized spacial score (nSPS) is 14.7. The van der Waals surface area contributed by atoms with Gasteiger partial charge in [-0.15, -0.1) is 0 Å². The molecule has 0 aliphatic rings. The first-order valence-electron chi connectivity index (χ1n) is 6.19. The SMILES string of the molecule is CCC(C)C(C)Nc1cc2[nH]c(=O)[nH]c2cc1Br. The van der Waals surface area contributed by atoms with Crippen LogP contribution in [0.2, 0.25) is 0 Å². The molecule has 18 heavy (non-hydrogen) atoms. The van der Waals surface area contributed by atoms with Crippen molar-refractivity contribution in [3.8, 4) is 0 Å². The number of nitrogens with one attached hydrogen (secondary N) is 3. The Labute approximate surface area is 114 Å². The summed E-state index contributed by atoms with van der Waals surface area (Å²) < 4.78 is 0.959. The van der Waals surface area contributed by atoms with E-state index in [1.807, 2.05) is 12.1 Å². The van der Waals surface area contributed by atoms with Crippen LogP contribution in [-0.4, -0.2) is 16.0 Å². The fraction of sp³-hybridized carbons (Fsp3) is 0.462. The van der Waals surface area contributed by atoms with Crippen molar-refractivity contribution in [1.82, 2.24) is 9.97 Å². The fourth-order valence-electron chi connectivity index (χ4n) is 1.91. The maximum atomic E-state index is 11.2. The van der Waals surface area contributed by atoms with Gasteiger partial charge in [0.25, 0.3) is 0 Å². The molecule has 4 nitrogen and oxygen atoms in total. The summed E-state index contributed by atoms with van der Waals surface area (Å²) in [6.07, 6.45) is 1.13. The molecule has 0 amide bonds.